The van der Waals surface area contributed by atoms with Crippen LogP contribution in [0.3, 0.4) is 0 Å². The predicted octanol–water partition coefficient (Wildman–Crippen LogP) is 1.34. The van der Waals surface area contributed by atoms with E-state index in [0.717, 1.165) is 54.0 Å². The third-order valence-electron chi connectivity index (χ3n) is 4.95. The number of H-pyrrole nitrogens is 1. The van der Waals surface area contributed by atoms with Gasteiger partial charge in [-0.05, 0) is 32.1 Å². The fourth-order valence-corrected chi connectivity index (χ4v) is 3.70. The molecule has 1 amide bonds. The van der Waals surface area contributed by atoms with Crippen molar-refractivity contribution in [2.75, 3.05) is 25.5 Å². The van der Waals surface area contributed by atoms with E-state index in [-0.39, 0.29) is 5.91 Å². The molecular formula is C17H22N6O. The summed E-state index contributed by atoms with van der Waals surface area (Å²) in [7, 11) is 3.96. The molecule has 0 atom stereocenters. The lowest BCUT2D eigenvalue weighted by Crippen LogP contribution is -2.38. The van der Waals surface area contributed by atoms with E-state index in [0.29, 0.717) is 18.8 Å². The van der Waals surface area contributed by atoms with Gasteiger partial charge < -0.3 is 9.80 Å². The van der Waals surface area contributed by atoms with Crippen LogP contribution in [0.1, 0.15) is 45.8 Å². The molecule has 0 saturated carbocycles. The van der Waals surface area contributed by atoms with Crippen molar-refractivity contribution in [2.45, 2.75) is 38.6 Å². The van der Waals surface area contributed by atoms with Crippen LogP contribution in [-0.4, -0.2) is 51.6 Å². The topological polar surface area (TPSA) is 78.0 Å². The van der Waals surface area contributed by atoms with Crippen LogP contribution in [0.4, 0.5) is 5.82 Å². The molecule has 1 aliphatic heterocycles. The Labute approximate surface area is 141 Å². The number of amides is 1. The van der Waals surface area contributed by atoms with Crippen molar-refractivity contribution < 1.29 is 4.79 Å². The Balaban J connectivity index is 1.60. The van der Waals surface area contributed by atoms with Gasteiger partial charge >= 0.3 is 0 Å². The average Bonchev–Trinajstić information content (AvgIpc) is 3.04. The normalized spacial score (nSPS) is 16.5. The predicted molar refractivity (Wildman–Crippen MR) is 90.0 cm³/mol. The van der Waals surface area contributed by atoms with Crippen LogP contribution in [0, 0.1) is 0 Å². The van der Waals surface area contributed by atoms with E-state index in [9.17, 15) is 4.79 Å². The molecule has 1 aliphatic carbocycles. The first kappa shape index (κ1) is 15.1. The van der Waals surface area contributed by atoms with E-state index in [4.69, 9.17) is 0 Å². The van der Waals surface area contributed by atoms with E-state index >= 15 is 0 Å². The Morgan fingerprint density at radius 2 is 2.00 bits per heavy atom. The second kappa shape index (κ2) is 5.89. The maximum Gasteiger partial charge on any atom is 0.275 e. The smallest absolute Gasteiger partial charge is 0.275 e. The molecule has 24 heavy (non-hydrogen) atoms. The van der Waals surface area contributed by atoms with E-state index in [1.807, 2.05) is 23.9 Å². The number of anilines is 1. The second-order valence-corrected chi connectivity index (χ2v) is 6.73. The third-order valence-corrected chi connectivity index (χ3v) is 4.95. The molecule has 0 fully saturated rings. The SMILES string of the molecule is CN(C)c1ncnc2c1CCN(C(=O)c1n[nH]c3c1CCCC3)C2. The molecule has 1 N–H and O–H groups in total. The first-order chi connectivity index (χ1) is 11.6. The third kappa shape index (κ3) is 2.44. The Bertz CT molecular complexity index is 781. The highest BCUT2D eigenvalue weighted by molar-refractivity contribution is 5.94. The summed E-state index contributed by atoms with van der Waals surface area (Å²) >= 11 is 0. The summed E-state index contributed by atoms with van der Waals surface area (Å²) in [4.78, 5) is 25.6. The highest BCUT2D eigenvalue weighted by Gasteiger charge is 2.29. The molecule has 2 aromatic heterocycles. The fourth-order valence-electron chi connectivity index (χ4n) is 3.70. The number of rotatable bonds is 2. The molecule has 4 rings (SSSR count). The van der Waals surface area contributed by atoms with E-state index < -0.39 is 0 Å². The molecule has 7 heteroatoms. The maximum atomic E-state index is 13.0. The van der Waals surface area contributed by atoms with Gasteiger partial charge in [-0.2, -0.15) is 5.10 Å². The van der Waals surface area contributed by atoms with Gasteiger partial charge in [0.1, 0.15) is 12.1 Å². The number of carbonyl (C=O) groups excluding carboxylic acids is 1. The Kier molecular flexibility index (Phi) is 3.70. The quantitative estimate of drug-likeness (QED) is 0.901. The monoisotopic (exact) mass is 326 g/mol. The van der Waals surface area contributed by atoms with Gasteiger partial charge in [-0.1, -0.05) is 0 Å². The number of hydrogen-bond donors (Lipinski definition) is 1. The Morgan fingerprint density at radius 1 is 1.17 bits per heavy atom. The minimum Gasteiger partial charge on any atom is -0.362 e. The van der Waals surface area contributed by atoms with Gasteiger partial charge in [0.05, 0.1) is 12.2 Å². The number of carbonyl (C=O) groups is 1. The lowest BCUT2D eigenvalue weighted by Gasteiger charge is -2.30. The number of aryl methyl sites for hydroxylation is 1. The number of nitrogens with zero attached hydrogens (tertiary/aromatic N) is 5. The largest absolute Gasteiger partial charge is 0.362 e. The van der Waals surface area contributed by atoms with Crippen LogP contribution >= 0.6 is 0 Å². The van der Waals surface area contributed by atoms with E-state index in [1.165, 1.54) is 6.42 Å². The van der Waals surface area contributed by atoms with Crippen LogP contribution in [0.25, 0.3) is 0 Å². The molecule has 0 spiro atoms. The van der Waals surface area contributed by atoms with Gasteiger partial charge in [-0.25, -0.2) is 9.97 Å². The summed E-state index contributed by atoms with van der Waals surface area (Å²) in [5, 5.41) is 7.38. The fraction of sp³-hybridized carbons (Fsp3) is 0.529. The zero-order valence-electron chi connectivity index (χ0n) is 14.2. The summed E-state index contributed by atoms with van der Waals surface area (Å²) in [5.41, 5.74) is 4.95. The summed E-state index contributed by atoms with van der Waals surface area (Å²) in [6, 6.07) is 0. The molecule has 0 bridgehead atoms. The summed E-state index contributed by atoms with van der Waals surface area (Å²) in [5.74, 6) is 0.967. The Hall–Kier alpha value is -2.44. The highest BCUT2D eigenvalue weighted by Crippen LogP contribution is 2.27. The molecular weight excluding hydrogens is 304 g/mol. The van der Waals surface area contributed by atoms with Crippen molar-refractivity contribution in [2.24, 2.45) is 0 Å². The van der Waals surface area contributed by atoms with Crippen molar-refractivity contribution in [3.63, 3.8) is 0 Å². The van der Waals surface area contributed by atoms with Crippen LogP contribution in [-0.2, 0) is 25.8 Å². The highest BCUT2D eigenvalue weighted by atomic mass is 16.2. The molecule has 0 aromatic carbocycles. The van der Waals surface area contributed by atoms with E-state index in [2.05, 4.69) is 20.2 Å². The van der Waals surface area contributed by atoms with Gasteiger partial charge in [0.15, 0.2) is 5.69 Å². The molecule has 2 aliphatic rings. The van der Waals surface area contributed by atoms with Gasteiger partial charge in [0, 0.05) is 37.5 Å². The molecule has 3 heterocycles. The van der Waals surface area contributed by atoms with Gasteiger partial charge in [0.25, 0.3) is 5.91 Å². The van der Waals surface area contributed by atoms with Crippen molar-refractivity contribution in [1.82, 2.24) is 25.1 Å². The first-order valence-corrected chi connectivity index (χ1v) is 8.50. The Morgan fingerprint density at radius 3 is 2.83 bits per heavy atom. The second-order valence-electron chi connectivity index (χ2n) is 6.73. The minimum atomic E-state index is 0.0186. The van der Waals surface area contributed by atoms with Crippen LogP contribution in [0.15, 0.2) is 6.33 Å². The van der Waals surface area contributed by atoms with Crippen molar-refractivity contribution >= 4 is 11.7 Å². The number of fused-ring (bicyclic) bond motifs is 2. The molecule has 0 saturated heterocycles. The summed E-state index contributed by atoms with van der Waals surface area (Å²) < 4.78 is 0. The molecule has 0 unspecified atom stereocenters. The maximum absolute atomic E-state index is 13.0. The van der Waals surface area contributed by atoms with Crippen molar-refractivity contribution in [1.29, 1.82) is 0 Å². The zero-order valence-corrected chi connectivity index (χ0v) is 14.2. The first-order valence-electron chi connectivity index (χ1n) is 8.50. The van der Waals surface area contributed by atoms with E-state index in [1.54, 1.807) is 6.33 Å². The molecule has 0 radical (unpaired) electrons. The lowest BCUT2D eigenvalue weighted by molar-refractivity contribution is 0.0724. The number of nitrogens with one attached hydrogen (secondary N) is 1. The van der Waals surface area contributed by atoms with Crippen LogP contribution < -0.4 is 4.90 Å². The van der Waals surface area contributed by atoms with Gasteiger partial charge in [0.2, 0.25) is 0 Å². The molecule has 2 aromatic rings. The lowest BCUT2D eigenvalue weighted by atomic mass is 9.95. The minimum absolute atomic E-state index is 0.0186. The molecule has 7 nitrogen and oxygen atoms in total. The van der Waals surface area contributed by atoms with Crippen LogP contribution in [0.2, 0.25) is 0 Å². The zero-order chi connectivity index (χ0) is 16.7. The van der Waals surface area contributed by atoms with Crippen molar-refractivity contribution in [3.8, 4) is 0 Å². The molecule has 126 valence electrons. The summed E-state index contributed by atoms with van der Waals surface area (Å²) in [6.45, 7) is 1.21. The average molecular weight is 326 g/mol. The number of aromatic amines is 1. The number of hydrogen-bond acceptors (Lipinski definition) is 5. The standard InChI is InChI=1S/C17H22N6O/c1-22(2)16-12-7-8-23(9-14(12)18-10-19-16)17(24)15-11-5-3-4-6-13(11)20-21-15/h10H,3-9H2,1-2H3,(H,20,21). The van der Waals surface area contributed by atoms with Crippen LogP contribution in [0.5, 0.6) is 0 Å². The summed E-state index contributed by atoms with van der Waals surface area (Å²) in [6.07, 6.45) is 6.61. The number of aromatic nitrogens is 4. The van der Waals surface area contributed by atoms with Gasteiger partial charge in [-0.3, -0.25) is 9.89 Å². The van der Waals surface area contributed by atoms with Crippen molar-refractivity contribution in [3.05, 3.63) is 34.5 Å². The van der Waals surface area contributed by atoms with Gasteiger partial charge in [-0.15, -0.1) is 0 Å².